The Balaban J connectivity index is 1.69. The second kappa shape index (κ2) is 5.14. The summed E-state index contributed by atoms with van der Waals surface area (Å²) in [6, 6.07) is 0.0212. The van der Waals surface area contributed by atoms with Crippen LogP contribution < -0.4 is 5.32 Å². The molecule has 2 aliphatic rings. The Morgan fingerprint density at radius 3 is 2.33 bits per heavy atom. The van der Waals surface area contributed by atoms with Gasteiger partial charge < -0.3 is 15.3 Å². The van der Waals surface area contributed by atoms with Crippen LogP contribution in [-0.2, 0) is 4.79 Å². The number of carbonyl (C=O) groups is 2. The Morgan fingerprint density at radius 2 is 1.83 bits per heavy atom. The summed E-state index contributed by atoms with van der Waals surface area (Å²) < 4.78 is 0. The van der Waals surface area contributed by atoms with Gasteiger partial charge in [-0.3, -0.25) is 9.69 Å². The molecule has 6 heteroatoms. The Hall–Kier alpha value is -1.30. The number of rotatable bonds is 4. The summed E-state index contributed by atoms with van der Waals surface area (Å²) in [6.07, 6.45) is 2.30. The van der Waals surface area contributed by atoms with E-state index < -0.39 is 5.97 Å². The molecule has 102 valence electrons. The molecule has 0 aromatic rings. The molecule has 0 atom stereocenters. The van der Waals surface area contributed by atoms with Crippen LogP contribution in [0.2, 0.25) is 0 Å². The van der Waals surface area contributed by atoms with E-state index in [-0.39, 0.29) is 18.0 Å². The summed E-state index contributed by atoms with van der Waals surface area (Å²) in [6.45, 7) is 5.52. The molecule has 1 aliphatic carbocycles. The molecule has 0 radical (unpaired) electrons. The highest BCUT2D eigenvalue weighted by atomic mass is 16.4. The number of nitrogens with zero attached hydrogens (tertiary/aromatic N) is 2. The van der Waals surface area contributed by atoms with Crippen LogP contribution in [-0.4, -0.2) is 65.2 Å². The topological polar surface area (TPSA) is 72.9 Å². The van der Waals surface area contributed by atoms with E-state index in [9.17, 15) is 9.59 Å². The normalized spacial score (nSPS) is 22.6. The predicted octanol–water partition coefficient (Wildman–Crippen LogP) is 0.341. The van der Waals surface area contributed by atoms with Crippen molar-refractivity contribution in [2.45, 2.75) is 31.7 Å². The van der Waals surface area contributed by atoms with Crippen molar-refractivity contribution in [3.05, 3.63) is 0 Å². The van der Waals surface area contributed by atoms with Gasteiger partial charge in [0.1, 0.15) is 0 Å². The summed E-state index contributed by atoms with van der Waals surface area (Å²) in [5.74, 6) is -0.767. The van der Waals surface area contributed by atoms with Gasteiger partial charge in [-0.25, -0.2) is 4.79 Å². The van der Waals surface area contributed by atoms with E-state index in [1.54, 1.807) is 0 Å². The minimum Gasteiger partial charge on any atom is -0.481 e. The van der Waals surface area contributed by atoms with Crippen molar-refractivity contribution in [1.82, 2.24) is 15.1 Å². The molecule has 1 saturated carbocycles. The van der Waals surface area contributed by atoms with Crippen molar-refractivity contribution >= 4 is 12.0 Å². The molecule has 0 spiro atoms. The van der Waals surface area contributed by atoms with Crippen LogP contribution in [0, 0.1) is 0 Å². The summed E-state index contributed by atoms with van der Waals surface area (Å²) in [4.78, 5) is 26.3. The maximum absolute atomic E-state index is 11.9. The molecule has 2 fully saturated rings. The fourth-order valence-corrected chi connectivity index (χ4v) is 2.08. The molecule has 6 nitrogen and oxygen atoms in total. The van der Waals surface area contributed by atoms with Gasteiger partial charge >= 0.3 is 12.0 Å². The number of carbonyl (C=O) groups excluding carboxylic acids is 1. The third-order valence-corrected chi connectivity index (χ3v) is 3.71. The Morgan fingerprint density at radius 1 is 1.22 bits per heavy atom. The average molecular weight is 255 g/mol. The number of hydrogen-bond donors (Lipinski definition) is 2. The monoisotopic (exact) mass is 255 g/mol. The fourth-order valence-electron chi connectivity index (χ4n) is 2.08. The van der Waals surface area contributed by atoms with Gasteiger partial charge in [0.05, 0.1) is 6.42 Å². The molecule has 1 saturated heterocycles. The lowest BCUT2D eigenvalue weighted by molar-refractivity contribution is -0.137. The zero-order chi connectivity index (χ0) is 13.2. The standard InChI is InChI=1S/C12H21N3O3/c1-12(3-4-12)13-11(18)15-8-6-14(7-9-15)5-2-10(16)17/h2-9H2,1H3,(H,13,18)(H,16,17). The Labute approximate surface area is 107 Å². The van der Waals surface area contributed by atoms with E-state index >= 15 is 0 Å². The molecule has 2 amide bonds. The summed E-state index contributed by atoms with van der Waals surface area (Å²) >= 11 is 0. The van der Waals surface area contributed by atoms with Crippen molar-refractivity contribution < 1.29 is 14.7 Å². The van der Waals surface area contributed by atoms with Gasteiger partial charge in [-0.05, 0) is 19.8 Å². The summed E-state index contributed by atoms with van der Waals surface area (Å²) in [5, 5.41) is 11.7. The molecule has 1 heterocycles. The number of aliphatic carboxylic acids is 1. The summed E-state index contributed by atoms with van der Waals surface area (Å²) in [7, 11) is 0. The highest BCUT2D eigenvalue weighted by molar-refractivity contribution is 5.75. The number of carboxylic acids is 1. The van der Waals surface area contributed by atoms with Crippen LogP contribution in [0.15, 0.2) is 0 Å². The van der Waals surface area contributed by atoms with Gasteiger partial charge in [0.2, 0.25) is 0 Å². The van der Waals surface area contributed by atoms with Crippen LogP contribution in [0.25, 0.3) is 0 Å². The number of urea groups is 1. The molecule has 0 bridgehead atoms. The van der Waals surface area contributed by atoms with Gasteiger partial charge in [-0.1, -0.05) is 0 Å². The minimum absolute atomic E-state index is 0.0212. The molecule has 1 aliphatic heterocycles. The first kappa shape index (κ1) is 13.1. The molecular weight excluding hydrogens is 234 g/mol. The maximum Gasteiger partial charge on any atom is 0.317 e. The molecule has 0 aromatic heterocycles. The van der Waals surface area contributed by atoms with Gasteiger partial charge in [0.15, 0.2) is 0 Å². The van der Waals surface area contributed by atoms with E-state index in [0.29, 0.717) is 19.6 Å². The molecule has 18 heavy (non-hydrogen) atoms. The third-order valence-electron chi connectivity index (χ3n) is 3.71. The van der Waals surface area contributed by atoms with E-state index in [1.807, 2.05) is 4.90 Å². The first-order valence-corrected chi connectivity index (χ1v) is 6.50. The lowest BCUT2D eigenvalue weighted by Gasteiger charge is -2.35. The van der Waals surface area contributed by atoms with E-state index in [1.165, 1.54) is 0 Å². The highest BCUT2D eigenvalue weighted by Crippen LogP contribution is 2.34. The lowest BCUT2D eigenvalue weighted by Crippen LogP contribution is -2.53. The molecular formula is C12H21N3O3. The summed E-state index contributed by atoms with van der Waals surface area (Å²) in [5.41, 5.74) is 0.0253. The van der Waals surface area contributed by atoms with Crippen LogP contribution >= 0.6 is 0 Å². The van der Waals surface area contributed by atoms with Gasteiger partial charge in [0.25, 0.3) is 0 Å². The molecule has 0 unspecified atom stereocenters. The zero-order valence-corrected chi connectivity index (χ0v) is 10.8. The van der Waals surface area contributed by atoms with Crippen molar-refractivity contribution in [3.63, 3.8) is 0 Å². The largest absolute Gasteiger partial charge is 0.481 e. The van der Waals surface area contributed by atoms with Gasteiger partial charge in [-0.2, -0.15) is 0 Å². The van der Waals surface area contributed by atoms with Crippen LogP contribution in [0.3, 0.4) is 0 Å². The van der Waals surface area contributed by atoms with Crippen molar-refractivity contribution in [3.8, 4) is 0 Å². The van der Waals surface area contributed by atoms with E-state index in [4.69, 9.17) is 5.11 Å². The molecule has 0 aromatic carbocycles. The SMILES string of the molecule is CC1(NC(=O)N2CCN(CCC(=O)O)CC2)CC1. The first-order valence-electron chi connectivity index (χ1n) is 6.50. The van der Waals surface area contributed by atoms with Gasteiger partial charge in [-0.15, -0.1) is 0 Å². The highest BCUT2D eigenvalue weighted by Gasteiger charge is 2.39. The number of hydrogen-bond acceptors (Lipinski definition) is 3. The third kappa shape index (κ3) is 3.60. The fraction of sp³-hybridized carbons (Fsp3) is 0.833. The predicted molar refractivity (Wildman–Crippen MR) is 66.4 cm³/mol. The molecule has 2 N–H and O–H groups in total. The van der Waals surface area contributed by atoms with Crippen molar-refractivity contribution in [2.24, 2.45) is 0 Å². The number of nitrogens with one attached hydrogen (secondary N) is 1. The second-order valence-corrected chi connectivity index (χ2v) is 5.46. The van der Waals surface area contributed by atoms with Gasteiger partial charge in [0, 0.05) is 38.3 Å². The average Bonchev–Trinajstić information content (AvgIpc) is 3.04. The van der Waals surface area contributed by atoms with E-state index in [0.717, 1.165) is 25.9 Å². The first-order chi connectivity index (χ1) is 8.48. The number of piperazine rings is 1. The van der Waals surface area contributed by atoms with Crippen LogP contribution in [0.4, 0.5) is 4.79 Å². The van der Waals surface area contributed by atoms with Crippen molar-refractivity contribution in [2.75, 3.05) is 32.7 Å². The minimum atomic E-state index is -0.767. The second-order valence-electron chi connectivity index (χ2n) is 5.46. The Bertz CT molecular complexity index is 333. The zero-order valence-electron chi connectivity index (χ0n) is 10.8. The molecule has 2 rings (SSSR count). The number of amides is 2. The smallest absolute Gasteiger partial charge is 0.317 e. The van der Waals surface area contributed by atoms with Crippen LogP contribution in [0.1, 0.15) is 26.2 Å². The van der Waals surface area contributed by atoms with E-state index in [2.05, 4.69) is 17.1 Å². The quantitative estimate of drug-likeness (QED) is 0.760. The lowest BCUT2D eigenvalue weighted by atomic mass is 10.3. The maximum atomic E-state index is 11.9. The number of carboxylic acid groups (broad SMARTS) is 1. The Kier molecular flexibility index (Phi) is 3.75. The van der Waals surface area contributed by atoms with Crippen LogP contribution in [0.5, 0.6) is 0 Å². The van der Waals surface area contributed by atoms with Crippen molar-refractivity contribution in [1.29, 1.82) is 0 Å².